The number of carbonyl (C=O) groups is 1. The molecule has 0 atom stereocenters. The highest BCUT2D eigenvalue weighted by Gasteiger charge is 2.07. The van der Waals surface area contributed by atoms with Crippen molar-refractivity contribution in [3.8, 4) is 0 Å². The standard InChI is InChI=1S/C13H15ClN2OS/c1-3-4-8-11(17)15-13-16(2)12-9(14)6-5-7-10(12)18-13/h5-7H,3-4,8H2,1-2H3. The van der Waals surface area contributed by atoms with Crippen LogP contribution in [0.3, 0.4) is 0 Å². The van der Waals surface area contributed by atoms with Crippen molar-refractivity contribution in [3.63, 3.8) is 0 Å². The van der Waals surface area contributed by atoms with Crippen molar-refractivity contribution in [3.05, 3.63) is 28.0 Å². The Morgan fingerprint density at radius 2 is 2.28 bits per heavy atom. The van der Waals surface area contributed by atoms with Crippen LogP contribution in [0, 0.1) is 0 Å². The van der Waals surface area contributed by atoms with Crippen LogP contribution >= 0.6 is 22.9 Å². The van der Waals surface area contributed by atoms with Crippen LogP contribution in [0.25, 0.3) is 10.2 Å². The van der Waals surface area contributed by atoms with Gasteiger partial charge in [0.1, 0.15) is 0 Å². The highest BCUT2D eigenvalue weighted by molar-refractivity contribution is 7.16. The van der Waals surface area contributed by atoms with Gasteiger partial charge in [-0.3, -0.25) is 4.79 Å². The van der Waals surface area contributed by atoms with Gasteiger partial charge < -0.3 is 4.57 Å². The Morgan fingerprint density at radius 3 is 2.94 bits per heavy atom. The molecule has 2 rings (SSSR count). The summed E-state index contributed by atoms with van der Waals surface area (Å²) in [4.78, 5) is 16.5. The maximum atomic E-state index is 11.7. The van der Waals surface area contributed by atoms with E-state index >= 15 is 0 Å². The lowest BCUT2D eigenvalue weighted by Gasteiger charge is -1.97. The van der Waals surface area contributed by atoms with Gasteiger partial charge in [0.2, 0.25) is 5.91 Å². The molecule has 3 nitrogen and oxygen atoms in total. The van der Waals surface area contributed by atoms with Crippen LogP contribution in [0.15, 0.2) is 23.2 Å². The van der Waals surface area contributed by atoms with Gasteiger partial charge in [0, 0.05) is 13.5 Å². The Balaban J connectivity index is 2.46. The molecule has 2 aromatic rings. The van der Waals surface area contributed by atoms with E-state index in [1.807, 2.05) is 29.8 Å². The van der Waals surface area contributed by atoms with E-state index in [0.29, 0.717) is 16.2 Å². The number of thiazole rings is 1. The van der Waals surface area contributed by atoms with Crippen LogP contribution in [0.5, 0.6) is 0 Å². The number of para-hydroxylation sites is 1. The molecule has 0 saturated carbocycles. The second kappa shape index (κ2) is 5.67. The average Bonchev–Trinajstić information content (AvgIpc) is 2.65. The number of unbranched alkanes of at least 4 members (excludes halogenated alkanes) is 1. The number of hydrogen-bond acceptors (Lipinski definition) is 2. The largest absolute Gasteiger partial charge is 0.318 e. The Morgan fingerprint density at radius 1 is 1.50 bits per heavy atom. The number of halogens is 1. The normalized spacial score (nSPS) is 12.3. The third-order valence-corrected chi connectivity index (χ3v) is 4.14. The molecular weight excluding hydrogens is 268 g/mol. The fourth-order valence-electron chi connectivity index (χ4n) is 1.75. The number of fused-ring (bicyclic) bond motifs is 1. The van der Waals surface area contributed by atoms with Gasteiger partial charge in [0.15, 0.2) is 4.80 Å². The van der Waals surface area contributed by atoms with E-state index in [4.69, 9.17) is 11.6 Å². The molecule has 0 radical (unpaired) electrons. The Labute approximate surface area is 115 Å². The van der Waals surface area contributed by atoms with E-state index in [1.165, 1.54) is 11.3 Å². The summed E-state index contributed by atoms with van der Waals surface area (Å²) < 4.78 is 2.93. The van der Waals surface area contributed by atoms with Crippen molar-refractivity contribution < 1.29 is 4.79 Å². The molecule has 0 bridgehead atoms. The molecule has 0 unspecified atom stereocenters. The quantitative estimate of drug-likeness (QED) is 0.848. The highest BCUT2D eigenvalue weighted by atomic mass is 35.5. The summed E-state index contributed by atoms with van der Waals surface area (Å²) in [7, 11) is 1.89. The van der Waals surface area contributed by atoms with Crippen molar-refractivity contribution in [1.29, 1.82) is 0 Å². The Hall–Kier alpha value is -1.13. The summed E-state index contributed by atoms with van der Waals surface area (Å²) >= 11 is 7.65. The summed E-state index contributed by atoms with van der Waals surface area (Å²) in [5, 5.41) is 0.689. The van der Waals surface area contributed by atoms with Gasteiger partial charge in [0.25, 0.3) is 0 Å². The molecule has 5 heteroatoms. The zero-order chi connectivity index (χ0) is 13.1. The van der Waals surface area contributed by atoms with Crippen LogP contribution in [-0.2, 0) is 11.8 Å². The molecule has 0 saturated heterocycles. The smallest absolute Gasteiger partial charge is 0.248 e. The molecule has 0 aliphatic rings. The van der Waals surface area contributed by atoms with Gasteiger partial charge in [-0.15, -0.1) is 0 Å². The lowest BCUT2D eigenvalue weighted by atomic mass is 10.2. The molecule has 1 aromatic heterocycles. The number of benzene rings is 1. The van der Waals surface area contributed by atoms with Crippen molar-refractivity contribution in [2.75, 3.05) is 0 Å². The third kappa shape index (κ3) is 2.65. The molecular formula is C13H15ClN2OS. The number of aromatic nitrogens is 1. The summed E-state index contributed by atoms with van der Waals surface area (Å²) in [5.74, 6) is -0.0601. The van der Waals surface area contributed by atoms with Crippen molar-refractivity contribution >= 4 is 39.1 Å². The van der Waals surface area contributed by atoms with E-state index in [2.05, 4.69) is 11.9 Å². The van der Waals surface area contributed by atoms with Gasteiger partial charge in [-0.2, -0.15) is 4.99 Å². The minimum Gasteiger partial charge on any atom is -0.318 e. The highest BCUT2D eigenvalue weighted by Crippen LogP contribution is 2.24. The first-order valence-corrected chi connectivity index (χ1v) is 7.14. The predicted molar refractivity (Wildman–Crippen MR) is 75.9 cm³/mol. The zero-order valence-electron chi connectivity index (χ0n) is 10.4. The van der Waals surface area contributed by atoms with Crippen molar-refractivity contribution in [2.45, 2.75) is 26.2 Å². The lowest BCUT2D eigenvalue weighted by Crippen LogP contribution is -2.13. The molecule has 1 heterocycles. The molecule has 0 fully saturated rings. The molecule has 0 aliphatic carbocycles. The molecule has 96 valence electrons. The fourth-order valence-corrected chi connectivity index (χ4v) is 3.17. The van der Waals surface area contributed by atoms with Crippen LogP contribution in [-0.4, -0.2) is 10.5 Å². The molecule has 1 amide bonds. The topological polar surface area (TPSA) is 34.4 Å². The monoisotopic (exact) mass is 282 g/mol. The minimum absolute atomic E-state index is 0.0601. The third-order valence-electron chi connectivity index (χ3n) is 2.74. The SMILES string of the molecule is CCCCC(=O)N=c1sc2cccc(Cl)c2n1C. The average molecular weight is 283 g/mol. The number of aryl methyl sites for hydroxylation is 1. The van der Waals surface area contributed by atoms with Gasteiger partial charge in [-0.1, -0.05) is 42.3 Å². The summed E-state index contributed by atoms with van der Waals surface area (Å²) in [5.41, 5.74) is 0.936. The number of nitrogens with zero attached hydrogens (tertiary/aromatic N) is 2. The first kappa shape index (κ1) is 13.3. The number of rotatable bonds is 3. The molecule has 18 heavy (non-hydrogen) atoms. The predicted octanol–water partition coefficient (Wildman–Crippen LogP) is 3.51. The first-order valence-electron chi connectivity index (χ1n) is 5.95. The van der Waals surface area contributed by atoms with Gasteiger partial charge in [0.05, 0.1) is 15.2 Å². The molecule has 0 spiro atoms. The van der Waals surface area contributed by atoms with Crippen molar-refractivity contribution in [1.82, 2.24) is 4.57 Å². The maximum absolute atomic E-state index is 11.7. The van der Waals surface area contributed by atoms with Gasteiger partial charge in [-0.25, -0.2) is 0 Å². The van der Waals surface area contributed by atoms with Crippen LogP contribution in [0.1, 0.15) is 26.2 Å². The zero-order valence-corrected chi connectivity index (χ0v) is 12.0. The molecule has 1 aromatic carbocycles. The van der Waals surface area contributed by atoms with E-state index < -0.39 is 0 Å². The maximum Gasteiger partial charge on any atom is 0.248 e. The van der Waals surface area contributed by atoms with Crippen LogP contribution in [0.4, 0.5) is 0 Å². The van der Waals surface area contributed by atoms with Crippen LogP contribution in [0.2, 0.25) is 5.02 Å². The number of carbonyl (C=O) groups excluding carboxylic acids is 1. The number of amides is 1. The van der Waals surface area contributed by atoms with Gasteiger partial charge >= 0.3 is 0 Å². The summed E-state index contributed by atoms with van der Waals surface area (Å²) in [6, 6.07) is 5.74. The van der Waals surface area contributed by atoms with Gasteiger partial charge in [-0.05, 0) is 18.6 Å². The second-order valence-corrected chi connectivity index (χ2v) is 5.56. The molecule has 0 N–H and O–H groups in total. The minimum atomic E-state index is -0.0601. The van der Waals surface area contributed by atoms with Crippen molar-refractivity contribution in [2.24, 2.45) is 12.0 Å². The lowest BCUT2D eigenvalue weighted by molar-refractivity contribution is -0.118. The second-order valence-electron chi connectivity index (χ2n) is 4.14. The van der Waals surface area contributed by atoms with E-state index in [0.717, 1.165) is 23.1 Å². The summed E-state index contributed by atoms with van der Waals surface area (Å²) in [6.07, 6.45) is 2.40. The Kier molecular flexibility index (Phi) is 4.19. The van der Waals surface area contributed by atoms with E-state index in [9.17, 15) is 4.79 Å². The van der Waals surface area contributed by atoms with E-state index in [-0.39, 0.29) is 5.91 Å². The number of hydrogen-bond donors (Lipinski definition) is 0. The Bertz CT molecular complexity index is 642. The molecule has 0 aliphatic heterocycles. The fraction of sp³-hybridized carbons (Fsp3) is 0.385. The summed E-state index contributed by atoms with van der Waals surface area (Å²) in [6.45, 7) is 2.06. The van der Waals surface area contributed by atoms with E-state index in [1.54, 1.807) is 0 Å². The first-order chi connectivity index (χ1) is 8.63. The van der Waals surface area contributed by atoms with Crippen LogP contribution < -0.4 is 4.80 Å².